The number of nitrogens with zero attached hydrogens (tertiary/aromatic N) is 1. The molecule has 0 bridgehead atoms. The molecule has 100 valence electrons. The normalized spacial score (nSPS) is 10.7. The SMILES string of the molecule is Cc1cc(-c2[nH]nc(N)c2-c2ccccc2)ccc1Br. The highest BCUT2D eigenvalue weighted by molar-refractivity contribution is 9.10. The summed E-state index contributed by atoms with van der Waals surface area (Å²) >= 11 is 3.52. The van der Waals surface area contributed by atoms with E-state index in [1.54, 1.807) is 0 Å². The molecule has 0 unspecified atom stereocenters. The molecule has 0 saturated heterocycles. The minimum atomic E-state index is 0.520. The largest absolute Gasteiger partial charge is 0.382 e. The Morgan fingerprint density at radius 3 is 2.50 bits per heavy atom. The fraction of sp³-hybridized carbons (Fsp3) is 0.0625. The van der Waals surface area contributed by atoms with Crippen molar-refractivity contribution in [2.45, 2.75) is 6.92 Å². The van der Waals surface area contributed by atoms with Crippen LogP contribution in [0.2, 0.25) is 0 Å². The number of H-pyrrole nitrogens is 1. The minimum Gasteiger partial charge on any atom is -0.382 e. The Bertz CT molecular complexity index is 748. The third-order valence-corrected chi connectivity index (χ3v) is 4.19. The minimum absolute atomic E-state index is 0.520. The molecule has 3 rings (SSSR count). The van der Waals surface area contributed by atoms with Crippen molar-refractivity contribution >= 4 is 21.7 Å². The molecule has 1 aromatic heterocycles. The average molecular weight is 328 g/mol. The van der Waals surface area contributed by atoms with E-state index >= 15 is 0 Å². The number of hydrogen-bond acceptors (Lipinski definition) is 2. The molecule has 0 aliphatic carbocycles. The summed E-state index contributed by atoms with van der Waals surface area (Å²) in [4.78, 5) is 0. The summed E-state index contributed by atoms with van der Waals surface area (Å²) in [7, 11) is 0. The number of nitrogens with one attached hydrogen (secondary N) is 1. The Labute approximate surface area is 126 Å². The molecule has 0 aliphatic rings. The number of rotatable bonds is 2. The first-order valence-electron chi connectivity index (χ1n) is 6.32. The van der Waals surface area contributed by atoms with Gasteiger partial charge in [-0.05, 0) is 30.2 Å². The first-order chi connectivity index (χ1) is 9.66. The number of halogens is 1. The number of nitrogens with two attached hydrogens (primary N) is 1. The Morgan fingerprint density at radius 2 is 1.80 bits per heavy atom. The van der Waals surface area contributed by atoms with E-state index in [0.29, 0.717) is 5.82 Å². The summed E-state index contributed by atoms with van der Waals surface area (Å²) < 4.78 is 1.09. The number of nitrogen functional groups attached to an aromatic ring is 1. The van der Waals surface area contributed by atoms with Gasteiger partial charge in [0.25, 0.3) is 0 Å². The lowest BCUT2D eigenvalue weighted by molar-refractivity contribution is 1.10. The highest BCUT2D eigenvalue weighted by Gasteiger charge is 2.14. The number of aryl methyl sites for hydroxylation is 1. The summed E-state index contributed by atoms with van der Waals surface area (Å²) in [5.41, 5.74) is 11.2. The highest BCUT2D eigenvalue weighted by Crippen LogP contribution is 2.35. The van der Waals surface area contributed by atoms with Crippen LogP contribution in [0.15, 0.2) is 53.0 Å². The Kier molecular flexibility index (Phi) is 3.32. The van der Waals surface area contributed by atoms with Crippen LogP contribution < -0.4 is 5.73 Å². The molecule has 1 heterocycles. The number of hydrogen-bond donors (Lipinski definition) is 2. The Hall–Kier alpha value is -2.07. The van der Waals surface area contributed by atoms with Crippen molar-refractivity contribution in [2.24, 2.45) is 0 Å². The second kappa shape index (κ2) is 5.13. The van der Waals surface area contributed by atoms with Crippen molar-refractivity contribution in [3.8, 4) is 22.4 Å². The van der Waals surface area contributed by atoms with Crippen LogP contribution in [0.25, 0.3) is 22.4 Å². The van der Waals surface area contributed by atoms with Gasteiger partial charge < -0.3 is 5.73 Å². The molecule has 4 heteroatoms. The molecule has 3 aromatic rings. The monoisotopic (exact) mass is 327 g/mol. The summed E-state index contributed by atoms with van der Waals surface area (Å²) in [5.74, 6) is 0.520. The molecule has 2 aromatic carbocycles. The van der Waals surface area contributed by atoms with Crippen molar-refractivity contribution < 1.29 is 0 Å². The van der Waals surface area contributed by atoms with Gasteiger partial charge in [0.05, 0.1) is 11.3 Å². The van der Waals surface area contributed by atoms with E-state index in [2.05, 4.69) is 45.2 Å². The molecule has 0 atom stereocenters. The number of aromatic amines is 1. The summed E-state index contributed by atoms with van der Waals surface area (Å²) in [5, 5.41) is 7.21. The van der Waals surface area contributed by atoms with Crippen LogP contribution in [0.1, 0.15) is 5.56 Å². The zero-order valence-corrected chi connectivity index (χ0v) is 12.6. The van der Waals surface area contributed by atoms with E-state index in [1.807, 2.05) is 36.4 Å². The van der Waals surface area contributed by atoms with Crippen LogP contribution in [0.4, 0.5) is 5.82 Å². The van der Waals surface area contributed by atoms with E-state index in [4.69, 9.17) is 5.73 Å². The first-order valence-corrected chi connectivity index (χ1v) is 7.12. The Balaban J connectivity index is 2.18. The van der Waals surface area contributed by atoms with Gasteiger partial charge in [-0.2, -0.15) is 5.10 Å². The first kappa shape index (κ1) is 12.9. The maximum absolute atomic E-state index is 6.03. The molecule has 0 fully saturated rings. The van der Waals surface area contributed by atoms with Crippen molar-refractivity contribution in [3.63, 3.8) is 0 Å². The predicted molar refractivity (Wildman–Crippen MR) is 86.3 cm³/mol. The fourth-order valence-corrected chi connectivity index (χ4v) is 2.51. The van der Waals surface area contributed by atoms with Gasteiger partial charge in [-0.3, -0.25) is 5.10 Å². The standard InChI is InChI=1S/C16H14BrN3/c1-10-9-12(7-8-13(10)17)15-14(16(18)20-19-15)11-5-3-2-4-6-11/h2-9H,1H3,(H3,18,19,20). The van der Waals surface area contributed by atoms with Crippen LogP contribution in [-0.2, 0) is 0 Å². The van der Waals surface area contributed by atoms with Crippen LogP contribution >= 0.6 is 15.9 Å². The van der Waals surface area contributed by atoms with Crippen molar-refractivity contribution in [1.29, 1.82) is 0 Å². The number of anilines is 1. The summed E-state index contributed by atoms with van der Waals surface area (Å²) in [6.07, 6.45) is 0. The van der Waals surface area contributed by atoms with Crippen LogP contribution in [0, 0.1) is 6.92 Å². The maximum atomic E-state index is 6.03. The van der Waals surface area contributed by atoms with E-state index in [-0.39, 0.29) is 0 Å². The second-order valence-corrected chi connectivity index (χ2v) is 5.54. The van der Waals surface area contributed by atoms with Gasteiger partial charge in [-0.1, -0.05) is 52.3 Å². The van der Waals surface area contributed by atoms with Gasteiger partial charge in [0, 0.05) is 10.0 Å². The lowest BCUT2D eigenvalue weighted by Gasteiger charge is -2.06. The topological polar surface area (TPSA) is 54.7 Å². The molecule has 3 N–H and O–H groups in total. The van der Waals surface area contributed by atoms with Gasteiger partial charge in [0.2, 0.25) is 0 Å². The molecule has 0 amide bonds. The zero-order chi connectivity index (χ0) is 14.1. The summed E-state index contributed by atoms with van der Waals surface area (Å²) in [6, 6.07) is 16.3. The summed E-state index contributed by atoms with van der Waals surface area (Å²) in [6.45, 7) is 2.06. The van der Waals surface area contributed by atoms with Crippen molar-refractivity contribution in [1.82, 2.24) is 10.2 Å². The molecule has 0 spiro atoms. The van der Waals surface area contributed by atoms with Gasteiger partial charge >= 0.3 is 0 Å². The number of aromatic nitrogens is 2. The van der Waals surface area contributed by atoms with Crippen molar-refractivity contribution in [2.75, 3.05) is 5.73 Å². The van der Waals surface area contributed by atoms with Crippen LogP contribution in [0.3, 0.4) is 0 Å². The maximum Gasteiger partial charge on any atom is 0.153 e. The van der Waals surface area contributed by atoms with E-state index in [0.717, 1.165) is 26.9 Å². The van der Waals surface area contributed by atoms with Gasteiger partial charge in [-0.15, -0.1) is 0 Å². The molecule has 20 heavy (non-hydrogen) atoms. The highest BCUT2D eigenvalue weighted by atomic mass is 79.9. The van der Waals surface area contributed by atoms with E-state index in [1.165, 1.54) is 5.56 Å². The van der Waals surface area contributed by atoms with Gasteiger partial charge in [-0.25, -0.2) is 0 Å². The molecular formula is C16H14BrN3. The lowest BCUT2D eigenvalue weighted by atomic mass is 10.00. The quantitative estimate of drug-likeness (QED) is 0.733. The lowest BCUT2D eigenvalue weighted by Crippen LogP contribution is -1.89. The van der Waals surface area contributed by atoms with Gasteiger partial charge in [0.1, 0.15) is 0 Å². The third-order valence-electron chi connectivity index (χ3n) is 3.30. The predicted octanol–water partition coefficient (Wildman–Crippen LogP) is 4.40. The molecule has 0 aliphatic heterocycles. The van der Waals surface area contributed by atoms with Crippen molar-refractivity contribution in [3.05, 3.63) is 58.6 Å². The molecular weight excluding hydrogens is 314 g/mol. The van der Waals surface area contributed by atoms with E-state index in [9.17, 15) is 0 Å². The molecule has 3 nitrogen and oxygen atoms in total. The smallest absolute Gasteiger partial charge is 0.153 e. The zero-order valence-electron chi connectivity index (χ0n) is 11.0. The third kappa shape index (κ3) is 2.23. The van der Waals surface area contributed by atoms with Crippen LogP contribution in [-0.4, -0.2) is 10.2 Å². The number of benzene rings is 2. The van der Waals surface area contributed by atoms with E-state index < -0.39 is 0 Å². The van der Waals surface area contributed by atoms with Gasteiger partial charge in [0.15, 0.2) is 5.82 Å². The fourth-order valence-electron chi connectivity index (χ4n) is 2.26. The molecule has 0 radical (unpaired) electrons. The average Bonchev–Trinajstić information content (AvgIpc) is 2.85. The second-order valence-electron chi connectivity index (χ2n) is 4.69. The molecule has 0 saturated carbocycles. The Morgan fingerprint density at radius 1 is 1.05 bits per heavy atom. The van der Waals surface area contributed by atoms with Crippen LogP contribution in [0.5, 0.6) is 0 Å².